The van der Waals surface area contributed by atoms with Crippen molar-refractivity contribution >= 4 is 33.8 Å². The largest absolute Gasteiger partial charge is 0.490 e. The maximum atomic E-state index is 12.5. The number of piperidine rings is 1. The number of carbonyl (C=O) groups is 3. The molecule has 0 bridgehead atoms. The first kappa shape index (κ1) is 24.4. The van der Waals surface area contributed by atoms with E-state index in [9.17, 15) is 22.8 Å². The predicted molar refractivity (Wildman–Crippen MR) is 109 cm³/mol. The van der Waals surface area contributed by atoms with Crippen molar-refractivity contribution in [2.45, 2.75) is 44.4 Å². The van der Waals surface area contributed by atoms with Crippen LogP contribution >= 0.6 is 15.9 Å². The van der Waals surface area contributed by atoms with Gasteiger partial charge < -0.3 is 20.5 Å². The Morgan fingerprint density at radius 3 is 2.59 bits per heavy atom. The Morgan fingerprint density at radius 2 is 1.97 bits per heavy atom. The number of halogens is 4. The number of pyridine rings is 1. The summed E-state index contributed by atoms with van der Waals surface area (Å²) in [6, 6.07) is 2.04. The molecular formula is C20H23BrF3N3O5. The van der Waals surface area contributed by atoms with Crippen LogP contribution < -0.4 is 10.6 Å². The summed E-state index contributed by atoms with van der Waals surface area (Å²) >= 11 is 3.42. The van der Waals surface area contributed by atoms with Crippen LogP contribution in [0.5, 0.6) is 0 Å². The van der Waals surface area contributed by atoms with Gasteiger partial charge in [0.05, 0.1) is 12.0 Å². The zero-order chi connectivity index (χ0) is 23.5. The Labute approximate surface area is 190 Å². The van der Waals surface area contributed by atoms with Crippen LogP contribution in [-0.2, 0) is 32.0 Å². The van der Waals surface area contributed by atoms with Gasteiger partial charge in [0.2, 0.25) is 5.91 Å². The molecule has 1 spiro atoms. The van der Waals surface area contributed by atoms with Crippen LogP contribution in [0.15, 0.2) is 16.7 Å². The number of alkyl halides is 3. The number of carboxylic acid groups (broad SMARTS) is 1. The van der Waals surface area contributed by atoms with Crippen molar-refractivity contribution in [2.24, 2.45) is 11.3 Å². The normalized spacial score (nSPS) is 23.7. The summed E-state index contributed by atoms with van der Waals surface area (Å²) in [4.78, 5) is 38.1. The van der Waals surface area contributed by atoms with Crippen molar-refractivity contribution in [1.82, 2.24) is 15.6 Å². The summed E-state index contributed by atoms with van der Waals surface area (Å²) in [5, 5.41) is 13.4. The Morgan fingerprint density at radius 1 is 1.31 bits per heavy atom. The van der Waals surface area contributed by atoms with Gasteiger partial charge in [-0.3, -0.25) is 14.6 Å². The van der Waals surface area contributed by atoms with Crippen molar-refractivity contribution in [1.29, 1.82) is 0 Å². The molecule has 3 aliphatic rings. The number of carboxylic acids is 1. The van der Waals surface area contributed by atoms with Gasteiger partial charge >= 0.3 is 18.1 Å². The zero-order valence-electron chi connectivity index (χ0n) is 17.0. The maximum Gasteiger partial charge on any atom is 0.490 e. The molecule has 8 nitrogen and oxygen atoms in total. The van der Waals surface area contributed by atoms with E-state index in [2.05, 4.69) is 31.5 Å². The van der Waals surface area contributed by atoms with Crippen LogP contribution in [0.2, 0.25) is 0 Å². The summed E-state index contributed by atoms with van der Waals surface area (Å²) in [6.07, 6.45) is 0.250. The van der Waals surface area contributed by atoms with Crippen LogP contribution in [0, 0.1) is 11.3 Å². The lowest BCUT2D eigenvalue weighted by atomic mass is 9.76. The lowest BCUT2D eigenvalue weighted by molar-refractivity contribution is -0.192. The number of aliphatic carboxylic acids is 1. The number of amides is 1. The molecule has 1 amide bonds. The third-order valence-electron chi connectivity index (χ3n) is 5.94. The van der Waals surface area contributed by atoms with Gasteiger partial charge in [0.1, 0.15) is 6.10 Å². The Kier molecular flexibility index (Phi) is 7.43. The van der Waals surface area contributed by atoms with Crippen molar-refractivity contribution in [3.05, 3.63) is 28.0 Å². The fourth-order valence-corrected chi connectivity index (χ4v) is 4.63. The van der Waals surface area contributed by atoms with Gasteiger partial charge in [0.15, 0.2) is 0 Å². The van der Waals surface area contributed by atoms with Crippen molar-refractivity contribution in [2.75, 3.05) is 19.6 Å². The second-order valence-electron chi connectivity index (χ2n) is 8.17. The fourth-order valence-electron chi connectivity index (χ4n) is 4.25. The van der Waals surface area contributed by atoms with Crippen LogP contribution in [-0.4, -0.2) is 59.9 Å². The number of hydrogen-bond donors (Lipinski definition) is 3. The number of rotatable bonds is 3. The molecule has 3 N–H and O–H groups in total. The highest BCUT2D eigenvalue weighted by Gasteiger charge is 2.49. The number of ether oxygens (including phenoxy) is 1. The first-order chi connectivity index (χ1) is 15.0. The summed E-state index contributed by atoms with van der Waals surface area (Å²) < 4.78 is 38.2. The van der Waals surface area contributed by atoms with E-state index in [1.807, 2.05) is 6.07 Å². The van der Waals surface area contributed by atoms with Gasteiger partial charge in [-0.15, -0.1) is 0 Å². The Bertz CT molecular complexity index is 890. The summed E-state index contributed by atoms with van der Waals surface area (Å²) in [7, 11) is 0. The molecule has 0 saturated carbocycles. The average Bonchev–Trinajstić information content (AvgIpc) is 3.27. The van der Waals surface area contributed by atoms with E-state index in [0.717, 1.165) is 41.7 Å². The van der Waals surface area contributed by atoms with Crippen molar-refractivity contribution in [3.8, 4) is 0 Å². The number of nitrogens with zero attached hydrogens (tertiary/aromatic N) is 1. The van der Waals surface area contributed by atoms with Gasteiger partial charge in [-0.25, -0.2) is 4.79 Å². The highest BCUT2D eigenvalue weighted by atomic mass is 79.9. The smallest absolute Gasteiger partial charge is 0.475 e. The van der Waals surface area contributed by atoms with Gasteiger partial charge in [-0.2, -0.15) is 13.2 Å². The van der Waals surface area contributed by atoms with Crippen LogP contribution in [0.4, 0.5) is 13.2 Å². The molecule has 2 atom stereocenters. The third-order valence-corrected chi connectivity index (χ3v) is 6.37. The monoisotopic (exact) mass is 521 g/mol. The molecule has 1 aromatic heterocycles. The second kappa shape index (κ2) is 9.74. The SMILES string of the molecule is O=C(NCC1CC2(CCNCC2)C(=O)O1)C1Cc2cc(Br)cnc2C1.O=C(O)C(F)(F)F. The van der Waals surface area contributed by atoms with Gasteiger partial charge in [-0.05, 0) is 59.9 Å². The van der Waals surface area contributed by atoms with E-state index < -0.39 is 12.1 Å². The van der Waals surface area contributed by atoms with E-state index in [-0.39, 0.29) is 29.3 Å². The van der Waals surface area contributed by atoms with Crippen LogP contribution in [0.1, 0.15) is 30.5 Å². The summed E-state index contributed by atoms with van der Waals surface area (Å²) in [5.74, 6) is -2.90. The third kappa shape index (κ3) is 5.77. The molecule has 2 aliphatic heterocycles. The Hall–Kier alpha value is -2.21. The number of nitrogens with one attached hydrogen (secondary N) is 2. The molecule has 12 heteroatoms. The molecule has 1 aliphatic carbocycles. The number of carbonyl (C=O) groups excluding carboxylic acids is 2. The number of fused-ring (bicyclic) bond motifs is 1. The molecule has 32 heavy (non-hydrogen) atoms. The molecular weight excluding hydrogens is 499 g/mol. The van der Waals surface area contributed by atoms with Crippen molar-refractivity contribution in [3.63, 3.8) is 0 Å². The Balaban J connectivity index is 0.000000360. The van der Waals surface area contributed by atoms with Gasteiger partial charge in [-0.1, -0.05) is 0 Å². The lowest BCUT2D eigenvalue weighted by Gasteiger charge is -2.29. The maximum absolute atomic E-state index is 12.5. The minimum Gasteiger partial charge on any atom is -0.475 e. The molecule has 2 fully saturated rings. The number of aromatic nitrogens is 1. The van der Waals surface area contributed by atoms with E-state index >= 15 is 0 Å². The molecule has 4 rings (SSSR count). The zero-order valence-corrected chi connectivity index (χ0v) is 18.6. The van der Waals surface area contributed by atoms with Gasteiger partial charge in [0, 0.05) is 35.1 Å². The highest BCUT2D eigenvalue weighted by Crippen LogP contribution is 2.41. The number of cyclic esters (lactones) is 1. The molecule has 0 radical (unpaired) electrons. The number of esters is 1. The second-order valence-corrected chi connectivity index (χ2v) is 9.09. The molecule has 2 unspecified atom stereocenters. The minimum absolute atomic E-state index is 0.0245. The van der Waals surface area contributed by atoms with Crippen LogP contribution in [0.3, 0.4) is 0 Å². The molecule has 176 valence electrons. The highest BCUT2D eigenvalue weighted by molar-refractivity contribution is 9.10. The van der Waals surface area contributed by atoms with Crippen LogP contribution in [0.25, 0.3) is 0 Å². The average molecular weight is 522 g/mol. The van der Waals surface area contributed by atoms with Crippen molar-refractivity contribution < 1.29 is 37.4 Å². The lowest BCUT2D eigenvalue weighted by Crippen LogP contribution is -2.40. The van der Waals surface area contributed by atoms with E-state index in [1.165, 1.54) is 0 Å². The first-order valence-corrected chi connectivity index (χ1v) is 10.9. The van der Waals surface area contributed by atoms with E-state index in [1.54, 1.807) is 6.20 Å². The first-order valence-electron chi connectivity index (χ1n) is 10.1. The standard InChI is InChI=1S/C18H22BrN3O3.C2HF3O2/c19-13-6-11-5-12(7-15(11)21-9-13)16(23)22-10-14-8-18(17(24)25-14)1-3-20-4-2-18;3-2(4,5)1(6)7/h6,9,12,14,20H,1-5,7-8,10H2,(H,22,23);(H,6,7). The summed E-state index contributed by atoms with van der Waals surface area (Å²) in [6.45, 7) is 2.12. The minimum atomic E-state index is -5.08. The topological polar surface area (TPSA) is 118 Å². The van der Waals surface area contributed by atoms with E-state index in [0.29, 0.717) is 25.8 Å². The summed E-state index contributed by atoms with van der Waals surface area (Å²) in [5.41, 5.74) is 1.81. The quantitative estimate of drug-likeness (QED) is 0.520. The van der Waals surface area contributed by atoms with E-state index in [4.69, 9.17) is 14.6 Å². The van der Waals surface area contributed by atoms with Gasteiger partial charge in [0.25, 0.3) is 0 Å². The molecule has 1 aromatic rings. The molecule has 2 saturated heterocycles. The fraction of sp³-hybridized carbons (Fsp3) is 0.600. The predicted octanol–water partition coefficient (Wildman–Crippen LogP) is 1.99. The molecule has 3 heterocycles. The number of hydrogen-bond acceptors (Lipinski definition) is 6. The molecule has 0 aromatic carbocycles.